The second kappa shape index (κ2) is 5.83. The second-order valence-electron chi connectivity index (χ2n) is 6.02. The van der Waals surface area contributed by atoms with Crippen LogP contribution in [0.4, 0.5) is 0 Å². The van der Waals surface area contributed by atoms with Gasteiger partial charge in [-0.05, 0) is 49.8 Å². The first-order valence-corrected chi connectivity index (χ1v) is 7.13. The topological polar surface area (TPSA) is 62.0 Å². The van der Waals surface area contributed by atoms with E-state index in [0.717, 1.165) is 24.8 Å². The number of benzene rings is 1. The summed E-state index contributed by atoms with van der Waals surface area (Å²) in [5.41, 5.74) is 2.00. The van der Waals surface area contributed by atoms with Crippen LogP contribution in [0.15, 0.2) is 23.4 Å². The lowest BCUT2D eigenvalue weighted by Crippen LogP contribution is -2.37. The molecule has 1 aromatic carbocycles. The molecule has 1 unspecified atom stereocenters. The summed E-state index contributed by atoms with van der Waals surface area (Å²) in [6.07, 6.45) is 2.80. The Morgan fingerprint density at radius 2 is 2.10 bits per heavy atom. The molecule has 110 valence electrons. The molecule has 0 radical (unpaired) electrons. The third kappa shape index (κ3) is 3.12. The van der Waals surface area contributed by atoms with Crippen LogP contribution < -0.4 is 4.74 Å². The van der Waals surface area contributed by atoms with E-state index in [0.29, 0.717) is 11.5 Å². The van der Waals surface area contributed by atoms with Gasteiger partial charge in [-0.2, -0.15) is 0 Å². The van der Waals surface area contributed by atoms with Crippen LogP contribution in [0.25, 0.3) is 0 Å². The van der Waals surface area contributed by atoms with Gasteiger partial charge < -0.3 is 15.1 Å². The molecule has 0 saturated carbocycles. The van der Waals surface area contributed by atoms with Crippen molar-refractivity contribution in [3.8, 4) is 5.75 Å². The molecule has 4 nitrogen and oxygen atoms in total. The van der Waals surface area contributed by atoms with Gasteiger partial charge in [0.05, 0.1) is 11.3 Å². The summed E-state index contributed by atoms with van der Waals surface area (Å²) in [4.78, 5) is 0. The maximum Gasteiger partial charge on any atom is 0.120 e. The Bertz CT molecular complexity index is 506. The van der Waals surface area contributed by atoms with Crippen molar-refractivity contribution < 1.29 is 15.1 Å². The molecule has 0 saturated heterocycles. The van der Waals surface area contributed by atoms with E-state index in [-0.39, 0.29) is 12.5 Å². The SMILES string of the molecule is CC(C)C(C)(O)COc1ccc2c(c1)/C(=N\O)CCC2. The number of hydrogen-bond acceptors (Lipinski definition) is 4. The van der Waals surface area contributed by atoms with E-state index in [1.807, 2.05) is 32.0 Å². The van der Waals surface area contributed by atoms with Crippen LogP contribution in [-0.4, -0.2) is 28.2 Å². The van der Waals surface area contributed by atoms with Crippen LogP contribution in [-0.2, 0) is 6.42 Å². The molecule has 0 amide bonds. The Balaban J connectivity index is 2.15. The smallest absolute Gasteiger partial charge is 0.120 e. The largest absolute Gasteiger partial charge is 0.491 e. The highest BCUT2D eigenvalue weighted by molar-refractivity contribution is 6.02. The Morgan fingerprint density at radius 1 is 1.35 bits per heavy atom. The maximum atomic E-state index is 10.2. The zero-order valence-electron chi connectivity index (χ0n) is 12.4. The van der Waals surface area contributed by atoms with Gasteiger partial charge in [-0.1, -0.05) is 25.1 Å². The molecule has 0 heterocycles. The monoisotopic (exact) mass is 277 g/mol. The summed E-state index contributed by atoms with van der Waals surface area (Å²) in [7, 11) is 0. The van der Waals surface area contributed by atoms with Gasteiger partial charge in [-0.25, -0.2) is 0 Å². The van der Waals surface area contributed by atoms with Crippen LogP contribution in [0.2, 0.25) is 0 Å². The summed E-state index contributed by atoms with van der Waals surface area (Å²) < 4.78 is 5.70. The molecule has 2 N–H and O–H groups in total. The van der Waals surface area contributed by atoms with Gasteiger partial charge >= 0.3 is 0 Å². The molecule has 0 spiro atoms. The third-order valence-electron chi connectivity index (χ3n) is 4.15. The van der Waals surface area contributed by atoms with Gasteiger partial charge in [0.15, 0.2) is 0 Å². The quantitative estimate of drug-likeness (QED) is 0.657. The van der Waals surface area contributed by atoms with E-state index >= 15 is 0 Å². The fraction of sp³-hybridized carbons (Fsp3) is 0.562. The summed E-state index contributed by atoms with van der Waals surface area (Å²) in [6, 6.07) is 5.83. The van der Waals surface area contributed by atoms with Gasteiger partial charge in [0, 0.05) is 5.56 Å². The molecule has 20 heavy (non-hydrogen) atoms. The normalized spacial score (nSPS) is 19.8. The summed E-state index contributed by atoms with van der Waals surface area (Å²) in [5.74, 6) is 0.822. The average molecular weight is 277 g/mol. The Kier molecular flexibility index (Phi) is 4.33. The number of ether oxygens (including phenoxy) is 1. The predicted octanol–water partition coefficient (Wildman–Crippen LogP) is 2.99. The van der Waals surface area contributed by atoms with Crippen LogP contribution >= 0.6 is 0 Å². The van der Waals surface area contributed by atoms with Crippen LogP contribution in [0, 0.1) is 5.92 Å². The number of rotatable bonds is 4. The molecular formula is C16H23NO3. The van der Waals surface area contributed by atoms with Crippen LogP contribution in [0.5, 0.6) is 5.75 Å². The molecule has 1 aliphatic carbocycles. The summed E-state index contributed by atoms with van der Waals surface area (Å²) in [6.45, 7) is 5.95. The number of hydrogen-bond donors (Lipinski definition) is 2. The summed E-state index contributed by atoms with van der Waals surface area (Å²) >= 11 is 0. The van der Waals surface area contributed by atoms with E-state index in [1.54, 1.807) is 6.92 Å². The van der Waals surface area contributed by atoms with Gasteiger partial charge in [0.25, 0.3) is 0 Å². The number of fused-ring (bicyclic) bond motifs is 1. The molecule has 0 bridgehead atoms. The van der Waals surface area contributed by atoms with Crippen molar-refractivity contribution in [3.63, 3.8) is 0 Å². The Labute approximate surface area is 120 Å². The average Bonchev–Trinajstić information content (AvgIpc) is 2.44. The fourth-order valence-corrected chi connectivity index (χ4v) is 2.21. The van der Waals surface area contributed by atoms with E-state index in [4.69, 9.17) is 9.94 Å². The van der Waals surface area contributed by atoms with Crippen molar-refractivity contribution in [3.05, 3.63) is 29.3 Å². The van der Waals surface area contributed by atoms with Gasteiger partial charge in [0.2, 0.25) is 0 Å². The lowest BCUT2D eigenvalue weighted by Gasteiger charge is -2.27. The molecule has 1 aromatic rings. The minimum absolute atomic E-state index is 0.120. The van der Waals surface area contributed by atoms with Gasteiger partial charge in [0.1, 0.15) is 12.4 Å². The van der Waals surface area contributed by atoms with Gasteiger partial charge in [-0.15, -0.1) is 0 Å². The lowest BCUT2D eigenvalue weighted by molar-refractivity contribution is -0.0266. The van der Waals surface area contributed by atoms with Crippen molar-refractivity contribution in [2.45, 2.75) is 45.6 Å². The third-order valence-corrected chi connectivity index (χ3v) is 4.15. The molecule has 0 aromatic heterocycles. The lowest BCUT2D eigenvalue weighted by atomic mass is 9.90. The molecule has 0 fully saturated rings. The van der Waals surface area contributed by atoms with Crippen LogP contribution in [0.3, 0.4) is 0 Å². The van der Waals surface area contributed by atoms with Crippen molar-refractivity contribution >= 4 is 5.71 Å². The van der Waals surface area contributed by atoms with Crippen LogP contribution in [0.1, 0.15) is 44.7 Å². The highest BCUT2D eigenvalue weighted by Gasteiger charge is 2.26. The molecule has 0 aliphatic heterocycles. The van der Waals surface area contributed by atoms with Crippen molar-refractivity contribution in [2.24, 2.45) is 11.1 Å². The van der Waals surface area contributed by atoms with Crippen molar-refractivity contribution in [1.29, 1.82) is 0 Å². The first kappa shape index (κ1) is 14.9. The number of oxime groups is 1. The highest BCUT2D eigenvalue weighted by Crippen LogP contribution is 2.27. The Hall–Kier alpha value is -1.55. The molecule has 4 heteroatoms. The number of aryl methyl sites for hydroxylation is 1. The minimum Gasteiger partial charge on any atom is -0.491 e. The molecule has 1 aliphatic rings. The number of nitrogens with zero attached hydrogens (tertiary/aromatic N) is 1. The van der Waals surface area contributed by atoms with E-state index in [2.05, 4.69) is 5.16 Å². The standard InChI is InChI=1S/C16H23NO3/c1-11(2)16(3,18)10-20-13-8-7-12-5-4-6-15(17-19)14(12)9-13/h7-9,11,18-19H,4-6,10H2,1-3H3/b17-15-. The van der Waals surface area contributed by atoms with E-state index in [9.17, 15) is 5.11 Å². The second-order valence-corrected chi connectivity index (χ2v) is 6.02. The molecule has 1 atom stereocenters. The first-order chi connectivity index (χ1) is 9.44. The summed E-state index contributed by atoms with van der Waals surface area (Å²) in [5, 5.41) is 22.6. The van der Waals surface area contributed by atoms with E-state index in [1.165, 1.54) is 5.56 Å². The highest BCUT2D eigenvalue weighted by atomic mass is 16.5. The first-order valence-electron chi connectivity index (χ1n) is 7.13. The fourth-order valence-electron chi connectivity index (χ4n) is 2.21. The van der Waals surface area contributed by atoms with Crippen molar-refractivity contribution in [1.82, 2.24) is 0 Å². The molecular weight excluding hydrogens is 254 g/mol. The number of aliphatic hydroxyl groups is 1. The zero-order chi connectivity index (χ0) is 14.8. The van der Waals surface area contributed by atoms with E-state index < -0.39 is 5.60 Å². The predicted molar refractivity (Wildman–Crippen MR) is 78.7 cm³/mol. The molecule has 2 rings (SSSR count). The van der Waals surface area contributed by atoms with Gasteiger partial charge in [-0.3, -0.25) is 0 Å². The Morgan fingerprint density at radius 3 is 2.75 bits per heavy atom. The van der Waals surface area contributed by atoms with Crippen molar-refractivity contribution in [2.75, 3.05) is 6.61 Å². The zero-order valence-corrected chi connectivity index (χ0v) is 12.4. The minimum atomic E-state index is -0.857. The maximum absolute atomic E-state index is 10.2.